The van der Waals surface area contributed by atoms with Gasteiger partial charge in [0.2, 0.25) is 11.7 Å². The summed E-state index contributed by atoms with van der Waals surface area (Å²) < 4.78 is 5.25. The average Bonchev–Trinajstić information content (AvgIpc) is 3.00. The van der Waals surface area contributed by atoms with E-state index in [0.717, 1.165) is 24.4 Å². The van der Waals surface area contributed by atoms with E-state index in [4.69, 9.17) is 10.3 Å². The molecule has 5 nitrogen and oxygen atoms in total. The Morgan fingerprint density at radius 1 is 1.59 bits per heavy atom. The largest absolute Gasteiger partial charge is 0.338 e. The maximum absolute atomic E-state index is 5.85. The van der Waals surface area contributed by atoms with E-state index in [2.05, 4.69) is 15.0 Å². The third kappa shape index (κ3) is 2.38. The van der Waals surface area contributed by atoms with Crippen molar-refractivity contribution in [3.63, 3.8) is 0 Å². The van der Waals surface area contributed by atoms with Crippen molar-refractivity contribution in [2.24, 2.45) is 5.73 Å². The highest BCUT2D eigenvalue weighted by Gasteiger charge is 2.21. The second-order valence-electron chi connectivity index (χ2n) is 4.27. The van der Waals surface area contributed by atoms with Crippen LogP contribution < -0.4 is 5.73 Å². The fraction of sp³-hybridized carbons (Fsp3) is 0.455. The quantitative estimate of drug-likeness (QED) is 0.890. The summed E-state index contributed by atoms with van der Waals surface area (Å²) in [4.78, 5) is 7.68. The standard InChI is InChI=1S/C11H14N4OS/c12-8-3-4-15(6-8)7-10-13-11(14-16-10)9-2-1-5-17-9/h1-2,5,8H,3-4,6-7,12H2/t8-/m1/s1. The van der Waals surface area contributed by atoms with Gasteiger partial charge in [-0.25, -0.2) is 0 Å². The number of thiophene rings is 1. The second-order valence-corrected chi connectivity index (χ2v) is 5.22. The summed E-state index contributed by atoms with van der Waals surface area (Å²) in [5, 5.41) is 5.99. The van der Waals surface area contributed by atoms with Gasteiger partial charge in [-0.1, -0.05) is 11.2 Å². The Hall–Kier alpha value is -1.24. The molecule has 3 heterocycles. The fourth-order valence-electron chi connectivity index (χ4n) is 2.02. The lowest BCUT2D eigenvalue weighted by molar-refractivity contribution is 0.265. The summed E-state index contributed by atoms with van der Waals surface area (Å²) in [6.45, 7) is 2.63. The first kappa shape index (κ1) is 10.9. The van der Waals surface area contributed by atoms with Crippen molar-refractivity contribution >= 4 is 11.3 Å². The number of hydrogen-bond donors (Lipinski definition) is 1. The molecule has 0 unspecified atom stereocenters. The Morgan fingerprint density at radius 2 is 2.53 bits per heavy atom. The normalized spacial score (nSPS) is 21.1. The van der Waals surface area contributed by atoms with Crippen LogP contribution in [0.3, 0.4) is 0 Å². The summed E-state index contributed by atoms with van der Waals surface area (Å²) in [5.41, 5.74) is 5.85. The molecule has 0 saturated carbocycles. The molecule has 3 rings (SSSR count). The van der Waals surface area contributed by atoms with Crippen molar-refractivity contribution in [2.75, 3.05) is 13.1 Å². The van der Waals surface area contributed by atoms with Gasteiger partial charge in [0.1, 0.15) is 0 Å². The number of hydrogen-bond acceptors (Lipinski definition) is 6. The summed E-state index contributed by atoms with van der Waals surface area (Å²) in [5.74, 6) is 1.35. The predicted molar refractivity (Wildman–Crippen MR) is 65.5 cm³/mol. The monoisotopic (exact) mass is 250 g/mol. The Balaban J connectivity index is 1.69. The van der Waals surface area contributed by atoms with Crippen molar-refractivity contribution in [3.05, 3.63) is 23.4 Å². The second kappa shape index (κ2) is 4.56. The molecule has 2 aromatic rings. The minimum Gasteiger partial charge on any atom is -0.338 e. The van der Waals surface area contributed by atoms with Crippen LogP contribution in [-0.4, -0.2) is 34.2 Å². The molecule has 2 N–H and O–H groups in total. The first-order valence-corrected chi connectivity index (χ1v) is 6.53. The van der Waals surface area contributed by atoms with Crippen LogP contribution in [0.4, 0.5) is 0 Å². The lowest BCUT2D eigenvalue weighted by atomic mass is 10.3. The Bertz CT molecular complexity index is 481. The molecule has 1 fully saturated rings. The molecule has 0 spiro atoms. The van der Waals surface area contributed by atoms with Gasteiger partial charge in [0.05, 0.1) is 11.4 Å². The molecule has 1 atom stereocenters. The van der Waals surface area contributed by atoms with Crippen LogP contribution in [0.1, 0.15) is 12.3 Å². The van der Waals surface area contributed by atoms with Crippen LogP contribution in [0.25, 0.3) is 10.7 Å². The molecule has 1 saturated heterocycles. The maximum atomic E-state index is 5.85. The molecule has 0 bridgehead atoms. The maximum Gasteiger partial charge on any atom is 0.241 e. The zero-order chi connectivity index (χ0) is 11.7. The van der Waals surface area contributed by atoms with E-state index in [9.17, 15) is 0 Å². The van der Waals surface area contributed by atoms with E-state index < -0.39 is 0 Å². The van der Waals surface area contributed by atoms with Gasteiger partial charge in [-0.2, -0.15) is 4.98 Å². The van der Waals surface area contributed by atoms with Crippen LogP contribution in [0, 0.1) is 0 Å². The van der Waals surface area contributed by atoms with Crippen molar-refractivity contribution < 1.29 is 4.52 Å². The van der Waals surface area contributed by atoms with E-state index in [1.807, 2.05) is 17.5 Å². The molecule has 0 amide bonds. The molecule has 0 aliphatic carbocycles. The fourth-order valence-corrected chi connectivity index (χ4v) is 2.67. The summed E-state index contributed by atoms with van der Waals surface area (Å²) in [6, 6.07) is 4.26. The molecule has 17 heavy (non-hydrogen) atoms. The van der Waals surface area contributed by atoms with Crippen molar-refractivity contribution in [1.82, 2.24) is 15.0 Å². The predicted octanol–water partition coefficient (Wildman–Crippen LogP) is 1.33. The molecule has 90 valence electrons. The van der Waals surface area contributed by atoms with Crippen LogP contribution in [0.15, 0.2) is 22.0 Å². The van der Waals surface area contributed by atoms with E-state index in [1.165, 1.54) is 0 Å². The lowest BCUT2D eigenvalue weighted by Crippen LogP contribution is -2.26. The van der Waals surface area contributed by atoms with Crippen molar-refractivity contribution in [3.8, 4) is 10.7 Å². The molecule has 0 radical (unpaired) electrons. The molecule has 2 aromatic heterocycles. The van der Waals surface area contributed by atoms with Gasteiger partial charge in [-0.05, 0) is 17.9 Å². The number of rotatable bonds is 3. The molecule has 1 aliphatic heterocycles. The topological polar surface area (TPSA) is 68.2 Å². The Labute approximate surface area is 103 Å². The van der Waals surface area contributed by atoms with Crippen LogP contribution >= 0.6 is 11.3 Å². The highest BCUT2D eigenvalue weighted by molar-refractivity contribution is 7.13. The SMILES string of the molecule is N[C@@H]1CCN(Cc2nc(-c3cccs3)no2)C1. The van der Waals surface area contributed by atoms with Crippen LogP contribution in [-0.2, 0) is 6.54 Å². The van der Waals surface area contributed by atoms with Gasteiger partial charge in [-0.15, -0.1) is 11.3 Å². The number of likely N-dealkylation sites (tertiary alicyclic amines) is 1. The van der Waals surface area contributed by atoms with Gasteiger partial charge in [0.15, 0.2) is 0 Å². The van der Waals surface area contributed by atoms with Crippen LogP contribution in [0.5, 0.6) is 0 Å². The van der Waals surface area contributed by atoms with Gasteiger partial charge >= 0.3 is 0 Å². The smallest absolute Gasteiger partial charge is 0.241 e. The first-order chi connectivity index (χ1) is 8.31. The summed E-state index contributed by atoms with van der Waals surface area (Å²) >= 11 is 1.61. The van der Waals surface area contributed by atoms with E-state index >= 15 is 0 Å². The molecule has 6 heteroatoms. The lowest BCUT2D eigenvalue weighted by Gasteiger charge is -2.10. The number of nitrogens with two attached hydrogens (primary N) is 1. The van der Waals surface area contributed by atoms with Gasteiger partial charge in [0.25, 0.3) is 0 Å². The highest BCUT2D eigenvalue weighted by Crippen LogP contribution is 2.22. The highest BCUT2D eigenvalue weighted by atomic mass is 32.1. The van der Waals surface area contributed by atoms with Crippen molar-refractivity contribution in [1.29, 1.82) is 0 Å². The Kier molecular flexibility index (Phi) is 2.92. The zero-order valence-corrected chi connectivity index (χ0v) is 10.2. The minimum absolute atomic E-state index is 0.287. The van der Waals surface area contributed by atoms with Gasteiger partial charge < -0.3 is 10.3 Å². The summed E-state index contributed by atoms with van der Waals surface area (Å²) in [6.07, 6.45) is 1.05. The molecule has 0 aromatic carbocycles. The molecular weight excluding hydrogens is 236 g/mol. The minimum atomic E-state index is 0.287. The molecular formula is C11H14N4OS. The Morgan fingerprint density at radius 3 is 3.24 bits per heavy atom. The van der Waals surface area contributed by atoms with Crippen LogP contribution in [0.2, 0.25) is 0 Å². The van der Waals surface area contributed by atoms with Gasteiger partial charge in [-0.3, -0.25) is 4.90 Å². The average molecular weight is 250 g/mol. The zero-order valence-electron chi connectivity index (χ0n) is 9.37. The molecule has 1 aliphatic rings. The third-order valence-corrected chi connectivity index (χ3v) is 3.74. The number of nitrogens with zero attached hydrogens (tertiary/aromatic N) is 3. The van der Waals surface area contributed by atoms with E-state index in [1.54, 1.807) is 11.3 Å². The van der Waals surface area contributed by atoms with Gasteiger partial charge in [0, 0.05) is 19.1 Å². The third-order valence-electron chi connectivity index (χ3n) is 2.88. The summed E-state index contributed by atoms with van der Waals surface area (Å²) in [7, 11) is 0. The number of aromatic nitrogens is 2. The van der Waals surface area contributed by atoms with E-state index in [-0.39, 0.29) is 6.04 Å². The first-order valence-electron chi connectivity index (χ1n) is 5.65. The van der Waals surface area contributed by atoms with E-state index in [0.29, 0.717) is 18.3 Å². The van der Waals surface area contributed by atoms with Crippen molar-refractivity contribution in [2.45, 2.75) is 19.0 Å².